The second-order valence-electron chi connectivity index (χ2n) is 3.71. The van der Waals surface area contributed by atoms with Crippen LogP contribution in [-0.4, -0.2) is 12.7 Å². The first kappa shape index (κ1) is 10.1. The number of hydrogen-bond acceptors (Lipinski definition) is 3. The van der Waals surface area contributed by atoms with E-state index >= 15 is 0 Å². The highest BCUT2D eigenvalue weighted by Crippen LogP contribution is 2.58. The van der Waals surface area contributed by atoms with Gasteiger partial charge in [0, 0.05) is 0 Å². The Balaban J connectivity index is 2.66. The van der Waals surface area contributed by atoms with E-state index in [0.717, 1.165) is 4.58 Å². The first-order valence-corrected chi connectivity index (χ1v) is 6.44. The lowest BCUT2D eigenvalue weighted by molar-refractivity contribution is 0.945. The monoisotopic (exact) mass is 208 g/mol. The number of thioether (sulfide) groups is 3. The first-order chi connectivity index (χ1) is 4.81. The van der Waals surface area contributed by atoms with Crippen molar-refractivity contribution < 1.29 is 0 Å². The van der Waals surface area contributed by atoms with Crippen LogP contribution in [0.25, 0.3) is 0 Å². The van der Waals surface area contributed by atoms with Gasteiger partial charge in [0.25, 0.3) is 0 Å². The highest BCUT2D eigenvalue weighted by Gasteiger charge is 2.38. The van der Waals surface area contributed by atoms with Gasteiger partial charge < -0.3 is 0 Å². The molecule has 0 unspecified atom stereocenters. The zero-order valence-electron chi connectivity index (χ0n) is 7.80. The van der Waals surface area contributed by atoms with Gasteiger partial charge in [0.15, 0.2) is 0 Å². The summed E-state index contributed by atoms with van der Waals surface area (Å²) in [5.74, 6) is 0. The molecule has 0 aromatic carbocycles. The van der Waals surface area contributed by atoms with Crippen molar-refractivity contribution in [1.29, 1.82) is 0 Å². The number of rotatable bonds is 0. The third kappa shape index (κ3) is 3.11. The molecule has 1 aliphatic rings. The molecule has 66 valence electrons. The molecule has 11 heavy (non-hydrogen) atoms. The molecule has 0 aromatic rings. The van der Waals surface area contributed by atoms with Crippen LogP contribution in [0.15, 0.2) is 0 Å². The van der Waals surface area contributed by atoms with Crippen LogP contribution < -0.4 is 0 Å². The molecular formula is C8H16S3. The standard InChI is InChI=1S/C8H16S3/c1-6-9-7(2,3)11-8(4,5)10-6/h6H,1-5H3. The maximum atomic E-state index is 2.32. The van der Waals surface area contributed by atoms with E-state index in [2.05, 4.69) is 69.9 Å². The van der Waals surface area contributed by atoms with Gasteiger partial charge in [-0.25, -0.2) is 0 Å². The van der Waals surface area contributed by atoms with Gasteiger partial charge in [0.2, 0.25) is 0 Å². The summed E-state index contributed by atoms with van der Waals surface area (Å²) in [6, 6.07) is 0. The highest BCUT2D eigenvalue weighted by atomic mass is 32.3. The van der Waals surface area contributed by atoms with Gasteiger partial charge in [-0.3, -0.25) is 0 Å². The van der Waals surface area contributed by atoms with Crippen LogP contribution in [0, 0.1) is 0 Å². The molecule has 3 heteroatoms. The average molecular weight is 208 g/mol. The van der Waals surface area contributed by atoms with E-state index in [-0.39, 0.29) is 0 Å². The molecule has 0 radical (unpaired) electrons. The van der Waals surface area contributed by atoms with Gasteiger partial charge in [-0.2, -0.15) is 0 Å². The van der Waals surface area contributed by atoms with E-state index in [1.54, 1.807) is 0 Å². The van der Waals surface area contributed by atoms with Crippen LogP contribution in [0.5, 0.6) is 0 Å². The van der Waals surface area contributed by atoms with Crippen molar-refractivity contribution in [1.82, 2.24) is 0 Å². The van der Waals surface area contributed by atoms with Crippen molar-refractivity contribution >= 4 is 35.3 Å². The summed E-state index contributed by atoms with van der Waals surface area (Å²) in [6.07, 6.45) is 0. The first-order valence-electron chi connectivity index (χ1n) is 3.87. The van der Waals surface area contributed by atoms with E-state index in [4.69, 9.17) is 0 Å². The Morgan fingerprint density at radius 3 is 1.55 bits per heavy atom. The highest BCUT2D eigenvalue weighted by molar-refractivity contribution is 8.35. The van der Waals surface area contributed by atoms with Gasteiger partial charge in [-0.05, 0) is 34.6 Å². The Hall–Kier alpha value is 1.05. The smallest absolute Gasteiger partial charge is 0.0579 e. The predicted molar refractivity (Wildman–Crippen MR) is 60.4 cm³/mol. The molecule has 0 nitrogen and oxygen atoms in total. The zero-order chi connectivity index (χ0) is 8.70. The molecule has 0 bridgehead atoms. The largest absolute Gasteiger partial charge is 0.131 e. The van der Waals surface area contributed by atoms with Gasteiger partial charge in [0.1, 0.15) is 0 Å². The van der Waals surface area contributed by atoms with Crippen LogP contribution in [0.4, 0.5) is 0 Å². The van der Waals surface area contributed by atoms with Gasteiger partial charge in [-0.1, -0.05) is 0 Å². The second kappa shape index (κ2) is 3.08. The van der Waals surface area contributed by atoms with Crippen LogP contribution >= 0.6 is 35.3 Å². The fourth-order valence-electron chi connectivity index (χ4n) is 1.46. The van der Waals surface area contributed by atoms with Crippen molar-refractivity contribution in [2.75, 3.05) is 0 Å². The third-order valence-electron chi connectivity index (χ3n) is 1.39. The van der Waals surface area contributed by atoms with E-state index in [0.29, 0.717) is 8.16 Å². The lowest BCUT2D eigenvalue weighted by Gasteiger charge is -2.42. The molecule has 1 aliphatic heterocycles. The Morgan fingerprint density at radius 2 is 1.27 bits per heavy atom. The number of hydrogen-bond donors (Lipinski definition) is 0. The van der Waals surface area contributed by atoms with Crippen molar-refractivity contribution in [2.24, 2.45) is 0 Å². The van der Waals surface area contributed by atoms with Crippen molar-refractivity contribution in [3.63, 3.8) is 0 Å². The molecule has 0 aliphatic carbocycles. The van der Waals surface area contributed by atoms with Crippen molar-refractivity contribution in [2.45, 2.75) is 47.4 Å². The van der Waals surface area contributed by atoms with Crippen molar-refractivity contribution in [3.05, 3.63) is 0 Å². The average Bonchev–Trinajstić information content (AvgIpc) is 1.49. The fraction of sp³-hybridized carbons (Fsp3) is 1.00. The van der Waals surface area contributed by atoms with Crippen LogP contribution in [0.2, 0.25) is 0 Å². The quantitative estimate of drug-likeness (QED) is 0.590. The minimum Gasteiger partial charge on any atom is -0.131 e. The molecule has 0 aromatic heterocycles. The Labute approximate surface area is 82.7 Å². The lowest BCUT2D eigenvalue weighted by atomic mass is 10.5. The van der Waals surface area contributed by atoms with Gasteiger partial charge in [0.05, 0.1) is 12.7 Å². The zero-order valence-corrected chi connectivity index (χ0v) is 10.3. The van der Waals surface area contributed by atoms with Crippen LogP contribution in [0.1, 0.15) is 34.6 Å². The van der Waals surface area contributed by atoms with Crippen molar-refractivity contribution in [3.8, 4) is 0 Å². The molecule has 0 atom stereocenters. The molecule has 1 rings (SSSR count). The summed E-state index contributed by atoms with van der Waals surface area (Å²) in [4.78, 5) is 0. The summed E-state index contributed by atoms with van der Waals surface area (Å²) < 4.78 is 1.53. The van der Waals surface area contributed by atoms with E-state index in [9.17, 15) is 0 Å². The Morgan fingerprint density at radius 1 is 0.909 bits per heavy atom. The molecule has 0 N–H and O–H groups in total. The maximum absolute atomic E-state index is 2.32. The van der Waals surface area contributed by atoms with E-state index < -0.39 is 0 Å². The lowest BCUT2D eigenvalue weighted by Crippen LogP contribution is -2.28. The third-order valence-corrected chi connectivity index (χ3v) is 5.83. The molecule has 1 heterocycles. The Kier molecular flexibility index (Phi) is 2.83. The minimum atomic E-state index is 0.397. The normalized spacial score (nSPS) is 30.3. The summed E-state index contributed by atoms with van der Waals surface area (Å²) in [7, 11) is 0. The minimum absolute atomic E-state index is 0.397. The predicted octanol–water partition coefficient (Wildman–Crippen LogP) is 4.02. The van der Waals surface area contributed by atoms with Gasteiger partial charge in [-0.15, -0.1) is 35.3 Å². The van der Waals surface area contributed by atoms with Crippen LogP contribution in [0.3, 0.4) is 0 Å². The molecule has 0 spiro atoms. The summed E-state index contributed by atoms with van der Waals surface area (Å²) in [5.41, 5.74) is 0. The summed E-state index contributed by atoms with van der Waals surface area (Å²) >= 11 is 6.22. The molecule has 0 saturated carbocycles. The topological polar surface area (TPSA) is 0 Å². The molecule has 1 saturated heterocycles. The molecule has 1 fully saturated rings. The molecular weight excluding hydrogens is 192 g/mol. The summed E-state index contributed by atoms with van der Waals surface area (Å²) in [5, 5.41) is 0. The Bertz CT molecular complexity index is 135. The fourth-order valence-corrected chi connectivity index (χ4v) is 8.91. The van der Waals surface area contributed by atoms with E-state index in [1.165, 1.54) is 0 Å². The van der Waals surface area contributed by atoms with E-state index in [1.807, 2.05) is 0 Å². The van der Waals surface area contributed by atoms with Gasteiger partial charge >= 0.3 is 0 Å². The summed E-state index contributed by atoms with van der Waals surface area (Å²) in [6.45, 7) is 11.6. The SMILES string of the molecule is CC1SC(C)(C)SC(C)(C)S1. The second-order valence-corrected chi connectivity index (χ2v) is 10.7. The van der Waals surface area contributed by atoms with Crippen LogP contribution in [-0.2, 0) is 0 Å². The maximum Gasteiger partial charge on any atom is 0.0579 e. The molecule has 0 amide bonds.